The number of alkyl halides is 3. The highest BCUT2D eigenvalue weighted by Gasteiger charge is 2.45. The molecule has 2 saturated heterocycles. The average Bonchev–Trinajstić information content (AvgIpc) is 2.57. The number of hydrogen-bond acceptors (Lipinski definition) is 4. The second kappa shape index (κ2) is 7.63. The van der Waals surface area contributed by atoms with E-state index in [1.807, 2.05) is 0 Å². The van der Waals surface area contributed by atoms with Crippen molar-refractivity contribution in [2.75, 3.05) is 13.2 Å². The van der Waals surface area contributed by atoms with E-state index in [1.54, 1.807) is 25.7 Å². The number of benzene rings is 1. The summed E-state index contributed by atoms with van der Waals surface area (Å²) in [6.45, 7) is 7.27. The normalized spacial score (nSPS) is 24.9. The molecule has 3 rings (SSSR count). The summed E-state index contributed by atoms with van der Waals surface area (Å²) in [5.41, 5.74) is -1.30. The molecule has 2 unspecified atom stereocenters. The predicted molar refractivity (Wildman–Crippen MR) is 99.7 cm³/mol. The maximum Gasteiger partial charge on any atom is 0.416 e. The molecule has 8 heteroatoms. The summed E-state index contributed by atoms with van der Waals surface area (Å²) in [5.74, 6) is -0.785. The van der Waals surface area contributed by atoms with E-state index in [2.05, 4.69) is 0 Å². The molecule has 5 nitrogen and oxygen atoms in total. The largest absolute Gasteiger partial charge is 0.444 e. The van der Waals surface area contributed by atoms with Gasteiger partial charge < -0.3 is 9.47 Å². The molecule has 0 spiro atoms. The maximum absolute atomic E-state index is 13.2. The topological polar surface area (TPSA) is 55.8 Å². The monoisotopic (exact) mass is 413 g/mol. The number of aryl methyl sites for hydroxylation is 1. The van der Waals surface area contributed by atoms with E-state index < -0.39 is 29.4 Å². The van der Waals surface area contributed by atoms with Crippen molar-refractivity contribution in [2.24, 2.45) is 5.92 Å². The van der Waals surface area contributed by atoms with Gasteiger partial charge in [-0.3, -0.25) is 9.69 Å². The molecule has 29 heavy (non-hydrogen) atoms. The third-order valence-corrected chi connectivity index (χ3v) is 5.32. The molecule has 0 aliphatic carbocycles. The zero-order chi connectivity index (χ0) is 21.6. The van der Waals surface area contributed by atoms with Crippen molar-refractivity contribution in [3.63, 3.8) is 0 Å². The molecule has 160 valence electrons. The number of ether oxygens (including phenoxy) is 2. The Morgan fingerprint density at radius 3 is 2.21 bits per heavy atom. The van der Waals surface area contributed by atoms with Crippen LogP contribution in [-0.2, 0) is 15.7 Å². The number of morpholine rings is 1. The predicted octanol–water partition coefficient (Wildman–Crippen LogP) is 4.61. The number of Topliss-reactive ketones (excluding diaryl/α,β-unsaturated/α-hetero) is 1. The lowest BCUT2D eigenvalue weighted by Crippen LogP contribution is -2.60. The van der Waals surface area contributed by atoms with Crippen molar-refractivity contribution < 1.29 is 32.2 Å². The molecule has 2 aliphatic heterocycles. The van der Waals surface area contributed by atoms with Gasteiger partial charge in [-0.25, -0.2) is 4.79 Å². The van der Waals surface area contributed by atoms with Crippen LogP contribution in [0, 0.1) is 12.8 Å². The number of hydrogen-bond donors (Lipinski definition) is 0. The van der Waals surface area contributed by atoms with E-state index >= 15 is 0 Å². The summed E-state index contributed by atoms with van der Waals surface area (Å²) < 4.78 is 50.7. The van der Waals surface area contributed by atoms with Crippen LogP contribution in [0.3, 0.4) is 0 Å². The Bertz CT molecular complexity index is 786. The van der Waals surface area contributed by atoms with Crippen LogP contribution in [0.4, 0.5) is 18.0 Å². The standard InChI is InChI=1S/C21H26F3NO4/c1-12-5-6-13(9-17(12)21(22,23)24)18(26)14-7-15-10-28-11-16(8-14)25(15)19(27)29-20(2,3)4/h5-6,9,14-16H,7-8,10-11H2,1-4H3. The summed E-state index contributed by atoms with van der Waals surface area (Å²) in [4.78, 5) is 27.2. The second-order valence-corrected chi connectivity index (χ2v) is 8.79. The lowest BCUT2D eigenvalue weighted by atomic mass is 9.80. The van der Waals surface area contributed by atoms with Crippen molar-refractivity contribution >= 4 is 11.9 Å². The van der Waals surface area contributed by atoms with Gasteiger partial charge in [0, 0.05) is 11.5 Å². The van der Waals surface area contributed by atoms with Crippen LogP contribution in [0.25, 0.3) is 0 Å². The van der Waals surface area contributed by atoms with Gasteiger partial charge in [0.15, 0.2) is 5.78 Å². The quantitative estimate of drug-likeness (QED) is 0.665. The Labute approximate surface area is 168 Å². The SMILES string of the molecule is Cc1ccc(C(=O)C2CC3COCC(C2)N3C(=O)OC(C)(C)C)cc1C(F)(F)F. The van der Waals surface area contributed by atoms with E-state index in [0.29, 0.717) is 12.8 Å². The fraction of sp³-hybridized carbons (Fsp3) is 0.619. The number of amides is 1. The van der Waals surface area contributed by atoms with Crippen LogP contribution >= 0.6 is 0 Å². The second-order valence-electron chi connectivity index (χ2n) is 8.79. The van der Waals surface area contributed by atoms with Gasteiger partial charge in [-0.2, -0.15) is 13.2 Å². The zero-order valence-electron chi connectivity index (χ0n) is 17.0. The van der Waals surface area contributed by atoms with E-state index in [1.165, 1.54) is 19.1 Å². The summed E-state index contributed by atoms with van der Waals surface area (Å²) in [6, 6.07) is 3.04. The number of ketones is 1. The van der Waals surface area contributed by atoms with Gasteiger partial charge >= 0.3 is 12.3 Å². The van der Waals surface area contributed by atoms with Crippen molar-refractivity contribution in [1.29, 1.82) is 0 Å². The third-order valence-electron chi connectivity index (χ3n) is 5.32. The summed E-state index contributed by atoms with van der Waals surface area (Å²) >= 11 is 0. The molecular weight excluding hydrogens is 387 g/mol. The van der Waals surface area contributed by atoms with Gasteiger partial charge in [0.05, 0.1) is 30.9 Å². The van der Waals surface area contributed by atoms with Crippen LogP contribution in [-0.4, -0.2) is 47.7 Å². The van der Waals surface area contributed by atoms with Crippen LogP contribution in [0.1, 0.15) is 55.1 Å². The van der Waals surface area contributed by atoms with Crippen LogP contribution in [0.5, 0.6) is 0 Å². The highest BCUT2D eigenvalue weighted by Crippen LogP contribution is 2.36. The van der Waals surface area contributed by atoms with Crippen LogP contribution in [0.15, 0.2) is 18.2 Å². The molecule has 0 aromatic heterocycles. The summed E-state index contributed by atoms with van der Waals surface area (Å²) in [6.07, 6.45) is -4.28. The van der Waals surface area contributed by atoms with Gasteiger partial charge in [-0.05, 0) is 52.2 Å². The first-order chi connectivity index (χ1) is 13.4. The van der Waals surface area contributed by atoms with Crippen molar-refractivity contribution in [3.8, 4) is 0 Å². The Kier molecular flexibility index (Phi) is 5.69. The minimum absolute atomic E-state index is 0.0534. The Morgan fingerprint density at radius 1 is 1.10 bits per heavy atom. The molecular formula is C21H26F3NO4. The van der Waals surface area contributed by atoms with Crippen molar-refractivity contribution in [2.45, 2.75) is 64.4 Å². The molecule has 2 aliphatic rings. The molecule has 1 amide bonds. The minimum Gasteiger partial charge on any atom is -0.444 e. The first kappa shape index (κ1) is 21.6. The van der Waals surface area contributed by atoms with Crippen LogP contribution in [0.2, 0.25) is 0 Å². The lowest BCUT2D eigenvalue weighted by molar-refractivity contribution is -0.138. The van der Waals surface area contributed by atoms with E-state index in [4.69, 9.17) is 9.47 Å². The summed E-state index contributed by atoms with van der Waals surface area (Å²) in [7, 11) is 0. The third kappa shape index (κ3) is 4.74. The average molecular weight is 413 g/mol. The Hall–Kier alpha value is -2.09. The molecule has 0 N–H and O–H groups in total. The first-order valence-electron chi connectivity index (χ1n) is 9.68. The van der Waals surface area contributed by atoms with Gasteiger partial charge in [-0.1, -0.05) is 12.1 Å². The first-order valence-corrected chi connectivity index (χ1v) is 9.68. The number of rotatable bonds is 2. The highest BCUT2D eigenvalue weighted by molar-refractivity contribution is 5.98. The maximum atomic E-state index is 13.2. The Balaban J connectivity index is 1.79. The number of carbonyl (C=O) groups excluding carboxylic acids is 2. The zero-order valence-corrected chi connectivity index (χ0v) is 17.0. The molecule has 0 saturated carbocycles. The molecule has 2 atom stereocenters. The van der Waals surface area contributed by atoms with E-state index in [-0.39, 0.29) is 42.2 Å². The van der Waals surface area contributed by atoms with Gasteiger partial charge in [-0.15, -0.1) is 0 Å². The molecule has 0 radical (unpaired) electrons. The molecule has 2 bridgehead atoms. The number of piperidine rings is 1. The molecule has 1 aromatic carbocycles. The fourth-order valence-electron chi connectivity index (χ4n) is 4.06. The minimum atomic E-state index is -4.51. The number of halogens is 3. The number of nitrogens with zero attached hydrogens (tertiary/aromatic N) is 1. The number of fused-ring (bicyclic) bond motifs is 2. The summed E-state index contributed by atoms with van der Waals surface area (Å²) in [5, 5.41) is 0. The highest BCUT2D eigenvalue weighted by atomic mass is 19.4. The molecule has 2 heterocycles. The smallest absolute Gasteiger partial charge is 0.416 e. The fourth-order valence-corrected chi connectivity index (χ4v) is 4.06. The van der Waals surface area contributed by atoms with Crippen molar-refractivity contribution in [1.82, 2.24) is 4.90 Å². The number of carbonyl (C=O) groups is 2. The Morgan fingerprint density at radius 2 is 1.69 bits per heavy atom. The van der Waals surface area contributed by atoms with Gasteiger partial charge in [0.2, 0.25) is 0 Å². The lowest BCUT2D eigenvalue weighted by Gasteiger charge is -2.47. The molecule has 2 fully saturated rings. The van der Waals surface area contributed by atoms with Crippen molar-refractivity contribution in [3.05, 3.63) is 34.9 Å². The van der Waals surface area contributed by atoms with Gasteiger partial charge in [0.25, 0.3) is 0 Å². The van der Waals surface area contributed by atoms with Gasteiger partial charge in [0.1, 0.15) is 5.60 Å². The molecule has 1 aromatic rings. The van der Waals surface area contributed by atoms with E-state index in [9.17, 15) is 22.8 Å². The van der Waals surface area contributed by atoms with E-state index in [0.717, 1.165) is 6.07 Å². The van der Waals surface area contributed by atoms with Crippen LogP contribution < -0.4 is 0 Å².